The monoisotopic (exact) mass is 253 g/mol. The van der Waals surface area contributed by atoms with Gasteiger partial charge in [-0.05, 0) is 25.5 Å². The highest BCUT2D eigenvalue weighted by atomic mass is 16.4. The molecule has 2 N–H and O–H groups in total. The smallest absolute Gasteiger partial charge is 0.311 e. The molecule has 0 aliphatic rings. The molecule has 18 heavy (non-hydrogen) atoms. The van der Waals surface area contributed by atoms with Crippen LogP contribution in [0.2, 0.25) is 0 Å². The number of carboxylic acids is 1. The SMILES string of the molecule is CCc1ccc(C(=O)NCC(C)(CC)C(=O)O)o1. The molecule has 0 bridgehead atoms. The van der Waals surface area contributed by atoms with Gasteiger partial charge in [0, 0.05) is 13.0 Å². The highest BCUT2D eigenvalue weighted by Crippen LogP contribution is 2.20. The van der Waals surface area contributed by atoms with Gasteiger partial charge in [0.2, 0.25) is 0 Å². The standard InChI is InChI=1S/C13H19NO4/c1-4-9-6-7-10(18-9)11(15)14-8-13(3,5-2)12(16)17/h6-7H,4-5,8H2,1-3H3,(H,14,15)(H,16,17). The van der Waals surface area contributed by atoms with E-state index in [1.54, 1.807) is 26.0 Å². The van der Waals surface area contributed by atoms with Gasteiger partial charge in [-0.2, -0.15) is 0 Å². The lowest BCUT2D eigenvalue weighted by Gasteiger charge is -2.22. The minimum absolute atomic E-state index is 0.0832. The van der Waals surface area contributed by atoms with Gasteiger partial charge < -0.3 is 14.8 Å². The molecule has 100 valence electrons. The van der Waals surface area contributed by atoms with Crippen LogP contribution in [0.15, 0.2) is 16.5 Å². The van der Waals surface area contributed by atoms with Crippen LogP contribution in [0.1, 0.15) is 43.5 Å². The maximum atomic E-state index is 11.8. The molecule has 0 saturated carbocycles. The number of carbonyl (C=O) groups excluding carboxylic acids is 1. The lowest BCUT2D eigenvalue weighted by atomic mass is 9.88. The number of carboxylic acid groups (broad SMARTS) is 1. The van der Waals surface area contributed by atoms with Crippen LogP contribution >= 0.6 is 0 Å². The highest BCUT2D eigenvalue weighted by molar-refractivity contribution is 5.91. The average Bonchev–Trinajstić information content (AvgIpc) is 2.84. The predicted molar refractivity (Wildman–Crippen MR) is 66.5 cm³/mol. The number of rotatable bonds is 6. The molecular formula is C13H19NO4. The van der Waals surface area contributed by atoms with Crippen molar-refractivity contribution in [2.24, 2.45) is 5.41 Å². The lowest BCUT2D eigenvalue weighted by Crippen LogP contribution is -2.40. The molecule has 0 radical (unpaired) electrons. The fraction of sp³-hybridized carbons (Fsp3) is 0.538. The summed E-state index contributed by atoms with van der Waals surface area (Å²) in [6.07, 6.45) is 1.16. The van der Waals surface area contributed by atoms with E-state index in [1.807, 2.05) is 6.92 Å². The van der Waals surface area contributed by atoms with Crippen LogP contribution < -0.4 is 5.32 Å². The van der Waals surface area contributed by atoms with Gasteiger partial charge in [-0.25, -0.2) is 0 Å². The number of aryl methyl sites for hydroxylation is 1. The Labute approximate surface area is 106 Å². The summed E-state index contributed by atoms with van der Waals surface area (Å²) in [7, 11) is 0. The van der Waals surface area contributed by atoms with E-state index in [4.69, 9.17) is 9.52 Å². The van der Waals surface area contributed by atoms with Crippen molar-refractivity contribution in [1.82, 2.24) is 5.32 Å². The summed E-state index contributed by atoms with van der Waals surface area (Å²) in [6, 6.07) is 3.34. The molecule has 5 heteroatoms. The van der Waals surface area contributed by atoms with Crippen LogP contribution in [-0.2, 0) is 11.2 Å². The number of furan rings is 1. The minimum Gasteiger partial charge on any atom is -0.481 e. The zero-order valence-corrected chi connectivity index (χ0v) is 10.9. The molecular weight excluding hydrogens is 234 g/mol. The first-order chi connectivity index (χ1) is 8.42. The zero-order chi connectivity index (χ0) is 13.8. The Balaban J connectivity index is 2.63. The van der Waals surface area contributed by atoms with E-state index in [0.29, 0.717) is 6.42 Å². The molecule has 1 heterocycles. The Bertz CT molecular complexity index is 438. The summed E-state index contributed by atoms with van der Waals surface area (Å²) in [5.74, 6) is -0.345. The van der Waals surface area contributed by atoms with E-state index < -0.39 is 11.4 Å². The number of nitrogens with one attached hydrogen (secondary N) is 1. The van der Waals surface area contributed by atoms with Crippen LogP contribution in [0.5, 0.6) is 0 Å². The molecule has 1 amide bonds. The van der Waals surface area contributed by atoms with Gasteiger partial charge in [-0.15, -0.1) is 0 Å². The maximum Gasteiger partial charge on any atom is 0.311 e. The summed E-state index contributed by atoms with van der Waals surface area (Å²) in [6.45, 7) is 5.40. The van der Waals surface area contributed by atoms with Crippen LogP contribution in [0.4, 0.5) is 0 Å². The third-order valence-corrected chi connectivity index (χ3v) is 3.17. The Morgan fingerprint density at radius 3 is 2.50 bits per heavy atom. The highest BCUT2D eigenvalue weighted by Gasteiger charge is 2.31. The van der Waals surface area contributed by atoms with Gasteiger partial charge in [0.15, 0.2) is 5.76 Å². The summed E-state index contributed by atoms with van der Waals surface area (Å²) < 4.78 is 5.29. The largest absolute Gasteiger partial charge is 0.481 e. The van der Waals surface area contributed by atoms with E-state index >= 15 is 0 Å². The Morgan fingerprint density at radius 1 is 1.39 bits per heavy atom. The van der Waals surface area contributed by atoms with Crippen molar-refractivity contribution < 1.29 is 19.1 Å². The average molecular weight is 253 g/mol. The fourth-order valence-electron chi connectivity index (χ4n) is 1.40. The summed E-state index contributed by atoms with van der Waals surface area (Å²) >= 11 is 0. The molecule has 0 aliphatic carbocycles. The zero-order valence-electron chi connectivity index (χ0n) is 10.9. The van der Waals surface area contributed by atoms with Gasteiger partial charge in [0.05, 0.1) is 5.41 Å². The van der Waals surface area contributed by atoms with Gasteiger partial charge in [-0.3, -0.25) is 9.59 Å². The summed E-state index contributed by atoms with van der Waals surface area (Å²) in [5, 5.41) is 11.7. The fourth-order valence-corrected chi connectivity index (χ4v) is 1.40. The molecule has 1 unspecified atom stereocenters. The molecule has 0 aliphatic heterocycles. The maximum absolute atomic E-state index is 11.8. The van der Waals surface area contributed by atoms with Gasteiger partial charge in [0.1, 0.15) is 5.76 Å². The molecule has 0 aromatic carbocycles. The lowest BCUT2D eigenvalue weighted by molar-refractivity contribution is -0.147. The molecule has 1 aromatic heterocycles. The van der Waals surface area contributed by atoms with Crippen molar-refractivity contribution >= 4 is 11.9 Å². The Hall–Kier alpha value is -1.78. The molecule has 0 saturated heterocycles. The van der Waals surface area contributed by atoms with Gasteiger partial charge >= 0.3 is 5.97 Å². The first-order valence-electron chi connectivity index (χ1n) is 6.03. The van der Waals surface area contributed by atoms with E-state index in [0.717, 1.165) is 12.2 Å². The molecule has 1 rings (SSSR count). The first-order valence-corrected chi connectivity index (χ1v) is 6.03. The van der Waals surface area contributed by atoms with E-state index in [1.165, 1.54) is 0 Å². The van der Waals surface area contributed by atoms with Gasteiger partial charge in [0.25, 0.3) is 5.91 Å². The van der Waals surface area contributed by atoms with E-state index in [9.17, 15) is 9.59 Å². The van der Waals surface area contributed by atoms with Crippen molar-refractivity contribution in [2.45, 2.75) is 33.6 Å². The summed E-state index contributed by atoms with van der Waals surface area (Å²) in [4.78, 5) is 22.8. The molecule has 0 spiro atoms. The van der Waals surface area contributed by atoms with Crippen molar-refractivity contribution in [3.63, 3.8) is 0 Å². The van der Waals surface area contributed by atoms with Crippen LogP contribution in [0, 0.1) is 5.41 Å². The topological polar surface area (TPSA) is 79.5 Å². The third-order valence-electron chi connectivity index (χ3n) is 3.17. The van der Waals surface area contributed by atoms with Gasteiger partial charge in [-0.1, -0.05) is 13.8 Å². The predicted octanol–water partition coefficient (Wildman–Crippen LogP) is 2.07. The second-order valence-corrected chi connectivity index (χ2v) is 4.52. The number of aliphatic carboxylic acids is 1. The van der Waals surface area contributed by atoms with Crippen LogP contribution in [-0.4, -0.2) is 23.5 Å². The van der Waals surface area contributed by atoms with Crippen molar-refractivity contribution in [3.05, 3.63) is 23.7 Å². The quantitative estimate of drug-likeness (QED) is 0.813. The van der Waals surface area contributed by atoms with Crippen LogP contribution in [0.25, 0.3) is 0 Å². The first kappa shape index (κ1) is 14.3. The number of amides is 1. The normalized spacial score (nSPS) is 13.9. The molecule has 1 aromatic rings. The van der Waals surface area contributed by atoms with E-state index in [2.05, 4.69) is 5.32 Å². The van der Waals surface area contributed by atoms with E-state index in [-0.39, 0.29) is 18.2 Å². The number of carbonyl (C=O) groups is 2. The molecule has 5 nitrogen and oxygen atoms in total. The molecule has 1 atom stereocenters. The summed E-state index contributed by atoms with van der Waals surface area (Å²) in [5.41, 5.74) is -0.949. The minimum atomic E-state index is -0.949. The van der Waals surface area contributed by atoms with Crippen molar-refractivity contribution in [3.8, 4) is 0 Å². The van der Waals surface area contributed by atoms with Crippen molar-refractivity contribution in [2.75, 3.05) is 6.54 Å². The Morgan fingerprint density at radius 2 is 2.06 bits per heavy atom. The molecule has 0 fully saturated rings. The number of hydrogen-bond acceptors (Lipinski definition) is 3. The third kappa shape index (κ3) is 3.12. The second-order valence-electron chi connectivity index (χ2n) is 4.52. The number of hydrogen-bond donors (Lipinski definition) is 2. The van der Waals surface area contributed by atoms with Crippen molar-refractivity contribution in [1.29, 1.82) is 0 Å². The Kier molecular flexibility index (Phi) is 4.53. The van der Waals surface area contributed by atoms with Crippen LogP contribution in [0.3, 0.4) is 0 Å². The second kappa shape index (κ2) is 5.71.